The van der Waals surface area contributed by atoms with Gasteiger partial charge < -0.3 is 10.5 Å². The number of esters is 1. The summed E-state index contributed by atoms with van der Waals surface area (Å²) in [5.74, 6) is -0.116. The molecule has 0 fully saturated rings. The van der Waals surface area contributed by atoms with E-state index in [1.807, 2.05) is 30.3 Å². The largest absolute Gasteiger partial charge is 0.467 e. The van der Waals surface area contributed by atoms with Crippen LogP contribution in [0.4, 0.5) is 0 Å². The van der Waals surface area contributed by atoms with E-state index in [1.54, 1.807) is 0 Å². The van der Waals surface area contributed by atoms with Crippen LogP contribution in [0.2, 0.25) is 0 Å². The van der Waals surface area contributed by atoms with Crippen LogP contribution in [0, 0.1) is 0 Å². The minimum atomic E-state index is -1.19. The number of ether oxygens (including phenoxy) is 1. The van der Waals surface area contributed by atoms with Crippen molar-refractivity contribution < 1.29 is 9.53 Å². The molecule has 2 aromatic rings. The fourth-order valence-corrected chi connectivity index (χ4v) is 3.13. The predicted molar refractivity (Wildman–Crippen MR) is 75.0 cm³/mol. The van der Waals surface area contributed by atoms with Gasteiger partial charge in [-0.15, -0.1) is 0 Å². The number of hydrogen-bond donors (Lipinski definition) is 1. The molecule has 0 aliphatic carbocycles. The lowest BCUT2D eigenvalue weighted by Gasteiger charge is -2.26. The molecule has 1 aromatic carbocycles. The molecule has 2 rings (SSSR count). The van der Waals surface area contributed by atoms with Crippen molar-refractivity contribution in [3.8, 4) is 0 Å². The highest BCUT2D eigenvalue weighted by Gasteiger charge is 2.37. The highest BCUT2D eigenvalue weighted by Crippen LogP contribution is 2.29. The number of hydrogen-bond acceptors (Lipinski definition) is 7. The number of nitrogens with two attached hydrogens (primary N) is 1. The third-order valence-corrected chi connectivity index (χ3v) is 4.59. The summed E-state index contributed by atoms with van der Waals surface area (Å²) in [6, 6.07) is 9.19. The molecule has 7 heteroatoms. The van der Waals surface area contributed by atoms with E-state index in [0.29, 0.717) is 5.75 Å². The second-order valence-electron chi connectivity index (χ2n) is 3.82. The molecule has 1 heterocycles. The fraction of sp³-hybridized carbons (Fsp3) is 0.250. The summed E-state index contributed by atoms with van der Waals surface area (Å²) in [6.45, 7) is 0. The Balaban J connectivity index is 2.22. The van der Waals surface area contributed by atoms with Gasteiger partial charge in [0.05, 0.1) is 7.11 Å². The Morgan fingerprint density at radius 2 is 2.21 bits per heavy atom. The van der Waals surface area contributed by atoms with Gasteiger partial charge in [0.2, 0.25) is 0 Å². The molecule has 0 aliphatic heterocycles. The zero-order valence-electron chi connectivity index (χ0n) is 10.3. The third kappa shape index (κ3) is 3.12. The molecule has 100 valence electrons. The summed E-state index contributed by atoms with van der Waals surface area (Å²) in [4.78, 5) is 16.1. The Labute approximate surface area is 119 Å². The Morgan fingerprint density at radius 1 is 1.47 bits per heavy atom. The lowest BCUT2D eigenvalue weighted by atomic mass is 9.93. The van der Waals surface area contributed by atoms with Crippen LogP contribution >= 0.6 is 23.3 Å². The van der Waals surface area contributed by atoms with Gasteiger partial charge in [0, 0.05) is 5.75 Å². The fourth-order valence-electron chi connectivity index (χ4n) is 1.58. The van der Waals surface area contributed by atoms with Crippen LogP contribution in [0.25, 0.3) is 0 Å². The second-order valence-corrected chi connectivity index (χ2v) is 5.83. The number of methoxy groups -OCH3 is 1. The van der Waals surface area contributed by atoms with Gasteiger partial charge in [0.1, 0.15) is 11.9 Å². The third-order valence-electron chi connectivity index (χ3n) is 2.60. The molecular weight excluding hydrogens is 282 g/mol. The van der Waals surface area contributed by atoms with Crippen LogP contribution in [0.15, 0.2) is 41.0 Å². The Bertz CT molecular complexity index is 533. The first kappa shape index (κ1) is 14.0. The minimum Gasteiger partial charge on any atom is -0.467 e. The highest BCUT2D eigenvalue weighted by molar-refractivity contribution is 8.01. The number of carbonyl (C=O) groups is 1. The normalized spacial score (nSPS) is 13.8. The Morgan fingerprint density at radius 3 is 2.79 bits per heavy atom. The SMILES string of the molecule is COC(=O)C(N)(CSc1ncns1)c1ccccc1. The average Bonchev–Trinajstić information content (AvgIpc) is 2.98. The van der Waals surface area contributed by atoms with Crippen LogP contribution in [0.3, 0.4) is 0 Å². The predicted octanol–water partition coefficient (Wildman–Crippen LogP) is 1.66. The van der Waals surface area contributed by atoms with Crippen molar-refractivity contribution in [1.29, 1.82) is 0 Å². The standard InChI is InChI=1S/C12H13N3O2S2/c1-17-10(16)12(13,9-5-3-2-4-6-9)7-18-11-14-8-15-19-11/h2-6,8H,7,13H2,1H3. The van der Waals surface area contributed by atoms with Gasteiger partial charge in [-0.1, -0.05) is 42.1 Å². The summed E-state index contributed by atoms with van der Waals surface area (Å²) in [7, 11) is 1.34. The van der Waals surface area contributed by atoms with E-state index in [-0.39, 0.29) is 0 Å². The summed E-state index contributed by atoms with van der Waals surface area (Å²) >= 11 is 2.66. The Hall–Kier alpha value is -1.44. The second kappa shape index (κ2) is 6.14. The smallest absolute Gasteiger partial charge is 0.331 e. The summed E-state index contributed by atoms with van der Waals surface area (Å²) in [6.07, 6.45) is 1.48. The molecule has 1 atom stereocenters. The molecule has 0 saturated carbocycles. The maximum atomic E-state index is 12.0. The maximum absolute atomic E-state index is 12.0. The van der Waals surface area contributed by atoms with E-state index in [9.17, 15) is 4.79 Å². The Kier molecular flexibility index (Phi) is 4.52. The van der Waals surface area contributed by atoms with Crippen molar-refractivity contribution in [3.63, 3.8) is 0 Å². The quantitative estimate of drug-likeness (QED) is 0.667. The van der Waals surface area contributed by atoms with Crippen LogP contribution in [-0.4, -0.2) is 28.2 Å². The molecule has 0 radical (unpaired) electrons. The molecule has 0 saturated heterocycles. The van der Waals surface area contributed by atoms with Crippen LogP contribution < -0.4 is 5.73 Å². The lowest BCUT2D eigenvalue weighted by molar-refractivity contribution is -0.146. The van der Waals surface area contributed by atoms with E-state index < -0.39 is 11.5 Å². The van der Waals surface area contributed by atoms with Crippen LogP contribution in [0.5, 0.6) is 0 Å². The monoisotopic (exact) mass is 295 g/mol. The van der Waals surface area contributed by atoms with Crippen molar-refractivity contribution in [1.82, 2.24) is 9.36 Å². The topological polar surface area (TPSA) is 78.1 Å². The average molecular weight is 295 g/mol. The minimum absolute atomic E-state index is 0.346. The molecule has 0 amide bonds. The molecule has 2 N–H and O–H groups in total. The number of carbonyl (C=O) groups excluding carboxylic acids is 1. The van der Waals surface area contributed by atoms with E-state index >= 15 is 0 Å². The first-order valence-corrected chi connectivity index (χ1v) is 7.25. The number of nitrogens with zero attached hydrogens (tertiary/aromatic N) is 2. The number of thioether (sulfide) groups is 1. The number of aromatic nitrogens is 2. The van der Waals surface area contributed by atoms with Crippen molar-refractivity contribution in [3.05, 3.63) is 42.2 Å². The first-order chi connectivity index (χ1) is 9.16. The van der Waals surface area contributed by atoms with Gasteiger partial charge in [-0.25, -0.2) is 9.78 Å². The van der Waals surface area contributed by atoms with Gasteiger partial charge in [0.15, 0.2) is 4.34 Å². The summed E-state index contributed by atoms with van der Waals surface area (Å²) < 4.78 is 9.52. The van der Waals surface area contributed by atoms with Gasteiger partial charge in [-0.3, -0.25) is 0 Å². The molecule has 0 spiro atoms. The van der Waals surface area contributed by atoms with E-state index in [1.165, 1.54) is 36.7 Å². The van der Waals surface area contributed by atoms with Gasteiger partial charge in [-0.05, 0) is 17.1 Å². The van der Waals surface area contributed by atoms with E-state index in [0.717, 1.165) is 9.90 Å². The van der Waals surface area contributed by atoms with Crippen molar-refractivity contribution >= 4 is 29.3 Å². The zero-order chi connectivity index (χ0) is 13.7. The van der Waals surface area contributed by atoms with E-state index in [4.69, 9.17) is 10.5 Å². The first-order valence-electron chi connectivity index (χ1n) is 5.49. The van der Waals surface area contributed by atoms with Crippen LogP contribution in [-0.2, 0) is 15.1 Å². The maximum Gasteiger partial charge on any atom is 0.331 e. The lowest BCUT2D eigenvalue weighted by Crippen LogP contribution is -2.48. The highest BCUT2D eigenvalue weighted by atomic mass is 32.2. The van der Waals surface area contributed by atoms with Crippen molar-refractivity contribution in [2.45, 2.75) is 9.88 Å². The van der Waals surface area contributed by atoms with Gasteiger partial charge >= 0.3 is 5.97 Å². The van der Waals surface area contributed by atoms with Gasteiger partial charge in [0.25, 0.3) is 0 Å². The van der Waals surface area contributed by atoms with Crippen molar-refractivity contribution in [2.24, 2.45) is 5.73 Å². The van der Waals surface area contributed by atoms with Crippen LogP contribution in [0.1, 0.15) is 5.56 Å². The van der Waals surface area contributed by atoms with Crippen molar-refractivity contribution in [2.75, 3.05) is 12.9 Å². The van der Waals surface area contributed by atoms with E-state index in [2.05, 4.69) is 9.36 Å². The van der Waals surface area contributed by atoms with Gasteiger partial charge in [-0.2, -0.15) is 4.37 Å². The molecule has 1 unspecified atom stereocenters. The molecule has 5 nitrogen and oxygen atoms in total. The molecule has 0 aliphatic rings. The molecular formula is C12H13N3O2S2. The zero-order valence-corrected chi connectivity index (χ0v) is 11.9. The number of benzene rings is 1. The molecule has 0 bridgehead atoms. The summed E-state index contributed by atoms with van der Waals surface area (Å²) in [5.41, 5.74) is 5.78. The molecule has 19 heavy (non-hydrogen) atoms. The summed E-state index contributed by atoms with van der Waals surface area (Å²) in [5, 5.41) is 0. The number of rotatable bonds is 5. The molecule has 1 aromatic heterocycles.